The third-order valence-electron chi connectivity index (χ3n) is 3.30. The lowest BCUT2D eigenvalue weighted by molar-refractivity contribution is -0.116. The highest BCUT2D eigenvalue weighted by molar-refractivity contribution is 7.89. The summed E-state index contributed by atoms with van der Waals surface area (Å²) in [7, 11) is 1.17. The van der Waals surface area contributed by atoms with E-state index in [1.54, 1.807) is 13.2 Å². The average molecular weight is 395 g/mol. The van der Waals surface area contributed by atoms with Gasteiger partial charge in [-0.2, -0.15) is 0 Å². The monoisotopic (exact) mass is 394 g/mol. The maximum absolute atomic E-state index is 12.0. The van der Waals surface area contributed by atoms with Crippen LogP contribution in [0.25, 0.3) is 0 Å². The molecule has 1 aromatic carbocycles. The summed E-state index contributed by atoms with van der Waals surface area (Å²) < 4.78 is 31.1. The molecule has 0 aromatic heterocycles. The Morgan fingerprint density at radius 3 is 2.48 bits per heavy atom. The number of rotatable bonds is 11. The molecule has 0 aliphatic heterocycles. The molecule has 0 aliphatic rings. The Kier molecular flexibility index (Phi) is 11.4. The van der Waals surface area contributed by atoms with Crippen molar-refractivity contribution < 1.29 is 17.9 Å². The van der Waals surface area contributed by atoms with Crippen molar-refractivity contribution in [2.75, 3.05) is 51.5 Å². The van der Waals surface area contributed by atoms with E-state index in [9.17, 15) is 13.2 Å². The molecule has 0 unspecified atom stereocenters. The SMILES string of the molecule is CNCCCC(=O)Nc1cc(S(=O)(=O)NC)ccc1NCCOC.Cl. The van der Waals surface area contributed by atoms with Crippen molar-refractivity contribution in [3.8, 4) is 0 Å². The second kappa shape index (κ2) is 12.0. The number of methoxy groups -OCH3 is 1. The zero-order chi connectivity index (χ0) is 18.0. The maximum atomic E-state index is 12.0. The Morgan fingerprint density at radius 1 is 1.16 bits per heavy atom. The molecule has 25 heavy (non-hydrogen) atoms. The Bertz CT molecular complexity index is 640. The standard InChI is InChI=1S/C15H26N4O4S.ClH/c1-16-8-4-5-15(20)19-14-11-12(24(21,22)17-2)6-7-13(14)18-9-10-23-3;/h6-7,11,16-18H,4-5,8-10H2,1-3H3,(H,19,20);1H. The third-order valence-corrected chi connectivity index (χ3v) is 4.71. The summed E-state index contributed by atoms with van der Waals surface area (Å²) in [6.07, 6.45) is 1.05. The van der Waals surface area contributed by atoms with Gasteiger partial charge in [-0.15, -0.1) is 12.4 Å². The van der Waals surface area contributed by atoms with Gasteiger partial charge < -0.3 is 20.7 Å². The third kappa shape index (κ3) is 8.02. The quantitative estimate of drug-likeness (QED) is 0.417. The Hall–Kier alpha value is -1.39. The Labute approximate surface area is 155 Å². The second-order valence-electron chi connectivity index (χ2n) is 5.09. The first kappa shape index (κ1) is 23.6. The molecule has 0 saturated carbocycles. The molecule has 0 heterocycles. The lowest BCUT2D eigenvalue weighted by atomic mass is 10.2. The number of hydrogen-bond donors (Lipinski definition) is 4. The number of benzene rings is 1. The van der Waals surface area contributed by atoms with Crippen LogP contribution in [-0.2, 0) is 19.6 Å². The van der Waals surface area contributed by atoms with E-state index >= 15 is 0 Å². The minimum atomic E-state index is -3.58. The van der Waals surface area contributed by atoms with Crippen LogP contribution >= 0.6 is 12.4 Å². The van der Waals surface area contributed by atoms with E-state index < -0.39 is 10.0 Å². The minimum Gasteiger partial charge on any atom is -0.383 e. The molecule has 0 radical (unpaired) electrons. The molecular weight excluding hydrogens is 368 g/mol. The number of anilines is 2. The van der Waals surface area contributed by atoms with Crippen LogP contribution in [0.4, 0.5) is 11.4 Å². The zero-order valence-electron chi connectivity index (χ0n) is 14.7. The van der Waals surface area contributed by atoms with Crippen molar-refractivity contribution in [2.45, 2.75) is 17.7 Å². The summed E-state index contributed by atoms with van der Waals surface area (Å²) in [4.78, 5) is 12.1. The van der Waals surface area contributed by atoms with Crippen molar-refractivity contribution in [3.05, 3.63) is 18.2 Å². The number of nitrogens with one attached hydrogen (secondary N) is 4. The van der Waals surface area contributed by atoms with Crippen LogP contribution in [-0.4, -0.2) is 55.2 Å². The largest absolute Gasteiger partial charge is 0.383 e. The lowest BCUT2D eigenvalue weighted by Crippen LogP contribution is -2.20. The molecule has 1 rings (SSSR count). The summed E-state index contributed by atoms with van der Waals surface area (Å²) >= 11 is 0. The molecule has 1 amide bonds. The summed E-state index contributed by atoms with van der Waals surface area (Å²) in [5.41, 5.74) is 1.07. The highest BCUT2D eigenvalue weighted by Gasteiger charge is 2.15. The summed E-state index contributed by atoms with van der Waals surface area (Å²) in [6, 6.07) is 4.55. The molecule has 10 heteroatoms. The highest BCUT2D eigenvalue weighted by atomic mass is 35.5. The van der Waals surface area contributed by atoms with E-state index in [4.69, 9.17) is 4.74 Å². The molecule has 0 fully saturated rings. The van der Waals surface area contributed by atoms with Crippen LogP contribution in [0.5, 0.6) is 0 Å². The van der Waals surface area contributed by atoms with Gasteiger partial charge in [-0.25, -0.2) is 13.1 Å². The molecule has 1 aromatic rings. The van der Waals surface area contributed by atoms with E-state index in [2.05, 4.69) is 20.7 Å². The summed E-state index contributed by atoms with van der Waals surface area (Å²) in [5.74, 6) is -0.168. The van der Waals surface area contributed by atoms with Gasteiger partial charge in [-0.05, 0) is 45.3 Å². The Morgan fingerprint density at radius 2 is 1.88 bits per heavy atom. The van der Waals surface area contributed by atoms with Gasteiger partial charge in [-0.1, -0.05) is 0 Å². The van der Waals surface area contributed by atoms with Gasteiger partial charge in [0.15, 0.2) is 0 Å². The molecule has 4 N–H and O–H groups in total. The predicted octanol–water partition coefficient (Wildman–Crippen LogP) is 1.01. The molecular formula is C15H27ClN4O4S. The van der Waals surface area contributed by atoms with Crippen molar-refractivity contribution in [2.24, 2.45) is 0 Å². The van der Waals surface area contributed by atoms with Crippen molar-refractivity contribution in [1.29, 1.82) is 0 Å². The van der Waals surface area contributed by atoms with Crippen LogP contribution in [0.3, 0.4) is 0 Å². The fraction of sp³-hybridized carbons (Fsp3) is 0.533. The first-order valence-electron chi connectivity index (χ1n) is 7.69. The fourth-order valence-corrected chi connectivity index (χ4v) is 2.75. The molecule has 144 valence electrons. The predicted molar refractivity (Wildman–Crippen MR) is 102 cm³/mol. The van der Waals surface area contributed by atoms with Gasteiger partial charge in [0.05, 0.1) is 22.9 Å². The molecule has 8 nitrogen and oxygen atoms in total. The topological polar surface area (TPSA) is 109 Å². The molecule has 0 saturated heterocycles. The summed E-state index contributed by atoms with van der Waals surface area (Å²) in [6.45, 7) is 1.77. The number of ether oxygens (including phenoxy) is 1. The van der Waals surface area contributed by atoms with E-state index in [0.717, 1.165) is 6.54 Å². The number of halogens is 1. The normalized spacial score (nSPS) is 10.8. The van der Waals surface area contributed by atoms with Gasteiger partial charge in [0, 0.05) is 20.1 Å². The van der Waals surface area contributed by atoms with Gasteiger partial charge in [0.25, 0.3) is 0 Å². The van der Waals surface area contributed by atoms with Crippen molar-refractivity contribution >= 4 is 39.7 Å². The Balaban J connectivity index is 0.00000576. The molecule has 0 bridgehead atoms. The first-order valence-corrected chi connectivity index (χ1v) is 9.17. The highest BCUT2D eigenvalue weighted by Crippen LogP contribution is 2.25. The second-order valence-corrected chi connectivity index (χ2v) is 6.98. The molecule has 0 atom stereocenters. The van der Waals surface area contributed by atoms with Crippen LogP contribution in [0.15, 0.2) is 23.1 Å². The van der Waals surface area contributed by atoms with Gasteiger partial charge in [-0.3, -0.25) is 4.79 Å². The minimum absolute atomic E-state index is 0. The molecule has 0 aliphatic carbocycles. The number of hydrogen-bond acceptors (Lipinski definition) is 6. The van der Waals surface area contributed by atoms with Crippen molar-refractivity contribution in [3.63, 3.8) is 0 Å². The van der Waals surface area contributed by atoms with Gasteiger partial charge >= 0.3 is 0 Å². The van der Waals surface area contributed by atoms with Crippen LogP contribution in [0.2, 0.25) is 0 Å². The van der Waals surface area contributed by atoms with E-state index in [1.807, 2.05) is 7.05 Å². The average Bonchev–Trinajstić information content (AvgIpc) is 2.56. The molecule has 0 spiro atoms. The van der Waals surface area contributed by atoms with Gasteiger partial charge in [0.2, 0.25) is 15.9 Å². The number of amides is 1. The number of carbonyl (C=O) groups is 1. The van der Waals surface area contributed by atoms with E-state index in [0.29, 0.717) is 37.4 Å². The van der Waals surface area contributed by atoms with Crippen molar-refractivity contribution in [1.82, 2.24) is 10.0 Å². The first-order chi connectivity index (χ1) is 11.4. The van der Waals surface area contributed by atoms with Gasteiger partial charge in [0.1, 0.15) is 0 Å². The fourth-order valence-electron chi connectivity index (χ4n) is 1.99. The number of carbonyl (C=O) groups excluding carboxylic acids is 1. The smallest absolute Gasteiger partial charge is 0.240 e. The number of sulfonamides is 1. The zero-order valence-corrected chi connectivity index (χ0v) is 16.4. The van der Waals surface area contributed by atoms with Crippen LogP contribution < -0.4 is 20.7 Å². The van der Waals surface area contributed by atoms with Crippen LogP contribution in [0.1, 0.15) is 12.8 Å². The van der Waals surface area contributed by atoms with E-state index in [-0.39, 0.29) is 23.2 Å². The maximum Gasteiger partial charge on any atom is 0.240 e. The van der Waals surface area contributed by atoms with Crippen LogP contribution in [0, 0.1) is 0 Å². The summed E-state index contributed by atoms with van der Waals surface area (Å²) in [5, 5.41) is 8.86. The lowest BCUT2D eigenvalue weighted by Gasteiger charge is -2.15. The van der Waals surface area contributed by atoms with E-state index in [1.165, 1.54) is 19.2 Å².